The molecule has 18 heavy (non-hydrogen) atoms. The molecular weight excluding hydrogens is 298 g/mol. The van der Waals surface area contributed by atoms with Crippen molar-refractivity contribution in [3.05, 3.63) is 23.8 Å². The van der Waals surface area contributed by atoms with Crippen molar-refractivity contribution < 1.29 is 14.6 Å². The van der Waals surface area contributed by atoms with E-state index >= 15 is 0 Å². The first kappa shape index (κ1) is 14.8. The average molecular weight is 316 g/mol. The molecule has 5 heteroatoms. The van der Waals surface area contributed by atoms with Gasteiger partial charge in [0.1, 0.15) is 11.5 Å². The van der Waals surface area contributed by atoms with Crippen LogP contribution < -0.4 is 10.1 Å². The highest BCUT2D eigenvalue weighted by atomic mass is 79.9. The third-order valence-corrected chi connectivity index (χ3v) is 4.18. The Bertz CT molecular complexity index is 430. The smallest absolute Gasteiger partial charge is 0.255 e. The van der Waals surface area contributed by atoms with Gasteiger partial charge in [-0.25, -0.2) is 0 Å². The van der Waals surface area contributed by atoms with Gasteiger partial charge in [0.15, 0.2) is 0 Å². The molecule has 0 aromatic heterocycles. The minimum atomic E-state index is -0.330. The van der Waals surface area contributed by atoms with Crippen molar-refractivity contribution in [2.45, 2.75) is 25.8 Å². The minimum Gasteiger partial charge on any atom is -0.507 e. The molecule has 1 aromatic rings. The van der Waals surface area contributed by atoms with Crippen LogP contribution in [0, 0.1) is 0 Å². The summed E-state index contributed by atoms with van der Waals surface area (Å²) in [5.41, 5.74) is -0.0832. The van der Waals surface area contributed by atoms with Crippen LogP contribution in [-0.4, -0.2) is 29.0 Å². The zero-order chi connectivity index (χ0) is 13.8. The second kappa shape index (κ2) is 6.09. The van der Waals surface area contributed by atoms with Gasteiger partial charge in [-0.05, 0) is 25.5 Å². The standard InChI is InChI=1S/C13H18BrNO3/c1-4-13(2,8-14)15-12(17)10-6-5-9(18-3)7-11(10)16/h5-7,16H,4,8H2,1-3H3,(H,15,17). The number of carbonyl (C=O) groups is 1. The van der Waals surface area contributed by atoms with E-state index in [2.05, 4.69) is 21.2 Å². The lowest BCUT2D eigenvalue weighted by atomic mass is 10.0. The SMILES string of the molecule is CCC(C)(CBr)NC(=O)c1ccc(OC)cc1O. The summed E-state index contributed by atoms with van der Waals surface area (Å²) in [6, 6.07) is 4.62. The van der Waals surface area contributed by atoms with Gasteiger partial charge in [0, 0.05) is 16.9 Å². The first-order valence-corrected chi connectivity index (χ1v) is 6.83. The van der Waals surface area contributed by atoms with Gasteiger partial charge in [-0.2, -0.15) is 0 Å². The van der Waals surface area contributed by atoms with Crippen LogP contribution in [0.2, 0.25) is 0 Å². The van der Waals surface area contributed by atoms with Crippen molar-refractivity contribution in [3.63, 3.8) is 0 Å². The Balaban J connectivity index is 2.91. The first-order chi connectivity index (χ1) is 8.45. The molecule has 1 unspecified atom stereocenters. The van der Waals surface area contributed by atoms with Gasteiger partial charge in [0.2, 0.25) is 0 Å². The number of phenolic OH excluding ortho intramolecular Hbond substituents is 1. The predicted molar refractivity (Wildman–Crippen MR) is 74.6 cm³/mol. The second-order valence-corrected chi connectivity index (χ2v) is 4.95. The molecule has 0 spiro atoms. The number of carbonyl (C=O) groups excluding carboxylic acids is 1. The highest BCUT2D eigenvalue weighted by Gasteiger charge is 2.24. The number of ether oxygens (including phenoxy) is 1. The monoisotopic (exact) mass is 315 g/mol. The summed E-state index contributed by atoms with van der Waals surface area (Å²) in [4.78, 5) is 12.1. The van der Waals surface area contributed by atoms with Gasteiger partial charge in [0.25, 0.3) is 5.91 Å². The molecular formula is C13H18BrNO3. The van der Waals surface area contributed by atoms with Crippen molar-refractivity contribution in [2.75, 3.05) is 12.4 Å². The van der Waals surface area contributed by atoms with E-state index in [-0.39, 0.29) is 22.8 Å². The van der Waals surface area contributed by atoms with Gasteiger partial charge in [-0.3, -0.25) is 4.79 Å². The number of amides is 1. The molecule has 0 aliphatic rings. The molecule has 1 amide bonds. The molecule has 0 saturated heterocycles. The van der Waals surface area contributed by atoms with E-state index in [9.17, 15) is 9.90 Å². The number of hydrogen-bond donors (Lipinski definition) is 2. The lowest BCUT2D eigenvalue weighted by Crippen LogP contribution is -2.46. The van der Waals surface area contributed by atoms with Crippen LogP contribution in [-0.2, 0) is 0 Å². The highest BCUT2D eigenvalue weighted by Crippen LogP contribution is 2.24. The summed E-state index contributed by atoms with van der Waals surface area (Å²) in [7, 11) is 1.51. The average Bonchev–Trinajstić information content (AvgIpc) is 2.38. The number of halogens is 1. The van der Waals surface area contributed by atoms with E-state index in [4.69, 9.17) is 4.74 Å². The Morgan fingerprint density at radius 2 is 2.22 bits per heavy atom. The summed E-state index contributed by atoms with van der Waals surface area (Å²) in [5, 5.41) is 13.3. The molecule has 0 bridgehead atoms. The van der Waals surface area contributed by atoms with Gasteiger partial charge in [-0.1, -0.05) is 22.9 Å². The Hall–Kier alpha value is -1.23. The molecule has 1 rings (SSSR count). The van der Waals surface area contributed by atoms with Crippen molar-refractivity contribution in [3.8, 4) is 11.5 Å². The largest absolute Gasteiger partial charge is 0.507 e. The zero-order valence-electron chi connectivity index (χ0n) is 10.8. The summed E-state index contributed by atoms with van der Waals surface area (Å²) in [6.45, 7) is 3.94. The molecule has 4 nitrogen and oxygen atoms in total. The van der Waals surface area contributed by atoms with Crippen LogP contribution in [0.15, 0.2) is 18.2 Å². The van der Waals surface area contributed by atoms with Crippen molar-refractivity contribution in [1.29, 1.82) is 0 Å². The molecule has 0 aliphatic heterocycles. The number of methoxy groups -OCH3 is 1. The lowest BCUT2D eigenvalue weighted by molar-refractivity contribution is 0.0910. The van der Waals surface area contributed by atoms with Crippen LogP contribution in [0.4, 0.5) is 0 Å². The van der Waals surface area contributed by atoms with Crippen molar-refractivity contribution in [2.24, 2.45) is 0 Å². The van der Waals surface area contributed by atoms with E-state index in [0.29, 0.717) is 11.1 Å². The fraction of sp³-hybridized carbons (Fsp3) is 0.462. The maximum atomic E-state index is 12.1. The van der Waals surface area contributed by atoms with Crippen LogP contribution in [0.5, 0.6) is 11.5 Å². The van der Waals surface area contributed by atoms with E-state index in [1.165, 1.54) is 13.2 Å². The first-order valence-electron chi connectivity index (χ1n) is 5.71. The quantitative estimate of drug-likeness (QED) is 0.821. The molecule has 0 aliphatic carbocycles. The van der Waals surface area contributed by atoms with Gasteiger partial charge in [-0.15, -0.1) is 0 Å². The Morgan fingerprint density at radius 3 is 2.67 bits per heavy atom. The van der Waals surface area contributed by atoms with E-state index < -0.39 is 0 Å². The highest BCUT2D eigenvalue weighted by molar-refractivity contribution is 9.09. The van der Waals surface area contributed by atoms with Crippen LogP contribution in [0.1, 0.15) is 30.6 Å². The molecule has 0 heterocycles. The van der Waals surface area contributed by atoms with E-state index in [1.54, 1.807) is 12.1 Å². The van der Waals surface area contributed by atoms with Crippen LogP contribution >= 0.6 is 15.9 Å². The predicted octanol–water partition coefficient (Wildman–Crippen LogP) is 2.69. The summed E-state index contributed by atoms with van der Waals surface area (Å²) >= 11 is 3.38. The summed E-state index contributed by atoms with van der Waals surface area (Å²) in [6.07, 6.45) is 0.793. The molecule has 2 N–H and O–H groups in total. The lowest BCUT2D eigenvalue weighted by Gasteiger charge is -2.27. The Labute approximate surface area is 115 Å². The van der Waals surface area contributed by atoms with Crippen molar-refractivity contribution in [1.82, 2.24) is 5.32 Å². The van der Waals surface area contributed by atoms with Crippen LogP contribution in [0.3, 0.4) is 0 Å². The maximum Gasteiger partial charge on any atom is 0.255 e. The number of benzene rings is 1. The fourth-order valence-corrected chi connectivity index (χ4v) is 1.92. The van der Waals surface area contributed by atoms with E-state index in [1.807, 2.05) is 13.8 Å². The number of aromatic hydroxyl groups is 1. The molecule has 1 atom stereocenters. The number of nitrogens with one attached hydrogen (secondary N) is 1. The van der Waals surface area contributed by atoms with E-state index in [0.717, 1.165) is 6.42 Å². The number of hydrogen-bond acceptors (Lipinski definition) is 3. The Kier molecular flexibility index (Phi) is 5.02. The number of rotatable bonds is 5. The third kappa shape index (κ3) is 3.38. The molecule has 0 radical (unpaired) electrons. The molecule has 1 aromatic carbocycles. The molecule has 100 valence electrons. The molecule has 0 saturated carbocycles. The fourth-order valence-electron chi connectivity index (χ4n) is 1.39. The topological polar surface area (TPSA) is 58.6 Å². The summed E-state index contributed by atoms with van der Waals surface area (Å²) in [5.74, 6) is 0.140. The Morgan fingerprint density at radius 1 is 1.56 bits per heavy atom. The van der Waals surface area contributed by atoms with Gasteiger partial charge in [0.05, 0.1) is 12.7 Å². The minimum absolute atomic E-state index is 0.0834. The molecule has 0 fully saturated rings. The van der Waals surface area contributed by atoms with Crippen LogP contribution in [0.25, 0.3) is 0 Å². The third-order valence-electron chi connectivity index (χ3n) is 2.94. The maximum absolute atomic E-state index is 12.1. The second-order valence-electron chi connectivity index (χ2n) is 4.39. The zero-order valence-corrected chi connectivity index (χ0v) is 12.4. The van der Waals surface area contributed by atoms with Crippen molar-refractivity contribution >= 4 is 21.8 Å². The normalized spacial score (nSPS) is 13.8. The number of phenols is 1. The van der Waals surface area contributed by atoms with Gasteiger partial charge >= 0.3 is 0 Å². The number of alkyl halides is 1. The summed E-state index contributed by atoms with van der Waals surface area (Å²) < 4.78 is 4.97. The van der Waals surface area contributed by atoms with Gasteiger partial charge < -0.3 is 15.2 Å².